The van der Waals surface area contributed by atoms with Crippen LogP contribution in [-0.2, 0) is 6.54 Å². The largest absolute Gasteiger partial charge is 0.495 e. The maximum absolute atomic E-state index is 5.53. The zero-order valence-corrected chi connectivity index (χ0v) is 18.2. The van der Waals surface area contributed by atoms with Crippen molar-refractivity contribution in [1.29, 1.82) is 0 Å². The third-order valence-corrected chi connectivity index (χ3v) is 6.67. The van der Waals surface area contributed by atoms with Gasteiger partial charge in [0, 0.05) is 16.3 Å². The van der Waals surface area contributed by atoms with E-state index in [0.717, 1.165) is 18.0 Å². The normalized spacial score (nSPS) is 11.0. The molecule has 0 atom stereocenters. The van der Waals surface area contributed by atoms with Gasteiger partial charge in [0.15, 0.2) is 0 Å². The third-order valence-electron chi connectivity index (χ3n) is 5.52. The van der Waals surface area contributed by atoms with Gasteiger partial charge in [-0.1, -0.05) is 90.6 Å². The average Bonchev–Trinajstić information content (AvgIpc) is 2.84. The van der Waals surface area contributed by atoms with Crippen LogP contribution >= 0.6 is 11.8 Å². The van der Waals surface area contributed by atoms with Crippen LogP contribution in [0.15, 0.2) is 113 Å². The number of benzene rings is 5. The zero-order valence-electron chi connectivity index (χ0n) is 17.3. The lowest BCUT2D eigenvalue weighted by atomic mass is 9.96. The molecule has 0 amide bonds. The minimum Gasteiger partial charge on any atom is -0.495 e. The summed E-state index contributed by atoms with van der Waals surface area (Å²) in [6.07, 6.45) is 0. The van der Waals surface area contributed by atoms with Crippen molar-refractivity contribution < 1.29 is 4.74 Å². The van der Waals surface area contributed by atoms with Gasteiger partial charge >= 0.3 is 0 Å². The standard InChI is InChI=1S/C28H23NOS/c1-30-27-18-10-9-17-26(27)29-19-25-21-13-5-7-15-23(21)28(24-16-8-6-14-22(24)25)31-20-11-3-2-4-12-20/h2-18,29H,19H2,1H3. The number of ether oxygens (including phenoxy) is 1. The third kappa shape index (κ3) is 3.85. The van der Waals surface area contributed by atoms with E-state index >= 15 is 0 Å². The Balaban J connectivity index is 1.66. The Labute approximate surface area is 186 Å². The first kappa shape index (κ1) is 19.5. The van der Waals surface area contributed by atoms with Crippen LogP contribution in [0.2, 0.25) is 0 Å². The summed E-state index contributed by atoms with van der Waals surface area (Å²) >= 11 is 1.84. The van der Waals surface area contributed by atoms with Gasteiger partial charge in [-0.2, -0.15) is 0 Å². The van der Waals surface area contributed by atoms with Gasteiger partial charge in [0.2, 0.25) is 0 Å². The van der Waals surface area contributed by atoms with Crippen LogP contribution in [0.4, 0.5) is 5.69 Å². The smallest absolute Gasteiger partial charge is 0.141 e. The summed E-state index contributed by atoms with van der Waals surface area (Å²) in [6, 6.07) is 36.1. The number of nitrogens with one attached hydrogen (secondary N) is 1. The molecule has 3 heteroatoms. The highest BCUT2D eigenvalue weighted by Gasteiger charge is 2.15. The fraction of sp³-hybridized carbons (Fsp3) is 0.0714. The lowest BCUT2D eigenvalue weighted by Crippen LogP contribution is -2.03. The molecule has 0 aromatic heterocycles. The van der Waals surface area contributed by atoms with Gasteiger partial charge in [-0.25, -0.2) is 0 Å². The van der Waals surface area contributed by atoms with Crippen molar-refractivity contribution >= 4 is 39.0 Å². The Morgan fingerprint density at radius 1 is 0.645 bits per heavy atom. The maximum atomic E-state index is 5.53. The van der Waals surface area contributed by atoms with Crippen molar-refractivity contribution in [2.45, 2.75) is 16.3 Å². The number of methoxy groups -OCH3 is 1. The van der Waals surface area contributed by atoms with E-state index in [1.165, 1.54) is 36.9 Å². The second-order valence-electron chi connectivity index (χ2n) is 7.37. The van der Waals surface area contributed by atoms with Gasteiger partial charge in [0.05, 0.1) is 12.8 Å². The number of rotatable bonds is 6. The first-order valence-corrected chi connectivity index (χ1v) is 11.2. The van der Waals surface area contributed by atoms with Crippen LogP contribution in [0.25, 0.3) is 21.5 Å². The summed E-state index contributed by atoms with van der Waals surface area (Å²) in [5.41, 5.74) is 2.30. The molecule has 0 aliphatic rings. The number of anilines is 1. The molecule has 0 aliphatic carbocycles. The summed E-state index contributed by atoms with van der Waals surface area (Å²) in [5, 5.41) is 8.73. The molecule has 0 radical (unpaired) electrons. The predicted octanol–water partition coefficient (Wildman–Crippen LogP) is 7.76. The molecule has 5 rings (SSSR count). The van der Waals surface area contributed by atoms with Gasteiger partial charge in [-0.05, 0) is 51.4 Å². The number of hydrogen-bond acceptors (Lipinski definition) is 3. The highest BCUT2D eigenvalue weighted by atomic mass is 32.2. The van der Waals surface area contributed by atoms with Crippen LogP contribution in [0.3, 0.4) is 0 Å². The van der Waals surface area contributed by atoms with Crippen LogP contribution in [0.1, 0.15) is 5.56 Å². The van der Waals surface area contributed by atoms with Gasteiger partial charge in [-0.3, -0.25) is 0 Å². The monoisotopic (exact) mass is 421 g/mol. The molecule has 0 aliphatic heterocycles. The van der Waals surface area contributed by atoms with Crippen LogP contribution in [-0.4, -0.2) is 7.11 Å². The summed E-state index contributed by atoms with van der Waals surface area (Å²) in [5.74, 6) is 0.854. The first-order valence-electron chi connectivity index (χ1n) is 10.4. The molecule has 2 nitrogen and oxygen atoms in total. The molecule has 152 valence electrons. The summed E-state index contributed by atoms with van der Waals surface area (Å²) in [6.45, 7) is 0.720. The zero-order chi connectivity index (χ0) is 21.0. The highest BCUT2D eigenvalue weighted by Crippen LogP contribution is 2.42. The topological polar surface area (TPSA) is 21.3 Å². The molecule has 0 heterocycles. The summed E-state index contributed by atoms with van der Waals surface area (Å²) in [4.78, 5) is 2.55. The van der Waals surface area contributed by atoms with E-state index in [0.29, 0.717) is 0 Å². The summed E-state index contributed by atoms with van der Waals surface area (Å²) < 4.78 is 5.53. The van der Waals surface area contributed by atoms with Crippen molar-refractivity contribution in [2.24, 2.45) is 0 Å². The second-order valence-corrected chi connectivity index (χ2v) is 8.45. The van der Waals surface area contributed by atoms with Crippen molar-refractivity contribution in [2.75, 3.05) is 12.4 Å². The Morgan fingerprint density at radius 2 is 1.19 bits per heavy atom. The van der Waals surface area contributed by atoms with Crippen LogP contribution in [0, 0.1) is 0 Å². The van der Waals surface area contributed by atoms with E-state index in [1.54, 1.807) is 7.11 Å². The van der Waals surface area contributed by atoms with Crippen LogP contribution in [0.5, 0.6) is 5.75 Å². The molecule has 0 bridgehead atoms. The van der Waals surface area contributed by atoms with Gasteiger partial charge in [0.1, 0.15) is 5.75 Å². The van der Waals surface area contributed by atoms with Crippen molar-refractivity contribution in [1.82, 2.24) is 0 Å². The SMILES string of the molecule is COc1ccccc1NCc1c2ccccc2c(Sc2ccccc2)c2ccccc12. The van der Waals surface area contributed by atoms with E-state index in [-0.39, 0.29) is 0 Å². The molecule has 5 aromatic carbocycles. The van der Waals surface area contributed by atoms with Gasteiger partial charge in [-0.15, -0.1) is 0 Å². The fourth-order valence-corrected chi connectivity index (χ4v) is 5.16. The fourth-order valence-electron chi connectivity index (χ4n) is 4.06. The molecular weight excluding hydrogens is 398 g/mol. The molecule has 0 spiro atoms. The number of hydrogen-bond donors (Lipinski definition) is 1. The Hall–Kier alpha value is -3.43. The molecule has 31 heavy (non-hydrogen) atoms. The number of para-hydroxylation sites is 2. The molecule has 0 fully saturated rings. The average molecular weight is 422 g/mol. The molecule has 0 saturated heterocycles. The van der Waals surface area contributed by atoms with E-state index in [2.05, 4.69) is 90.2 Å². The van der Waals surface area contributed by atoms with Crippen molar-refractivity contribution in [3.8, 4) is 5.75 Å². The summed E-state index contributed by atoms with van der Waals surface area (Å²) in [7, 11) is 1.71. The van der Waals surface area contributed by atoms with Gasteiger partial charge in [0.25, 0.3) is 0 Å². The van der Waals surface area contributed by atoms with E-state index < -0.39 is 0 Å². The van der Waals surface area contributed by atoms with Gasteiger partial charge < -0.3 is 10.1 Å². The number of fused-ring (bicyclic) bond motifs is 2. The molecule has 5 aromatic rings. The lowest BCUT2D eigenvalue weighted by molar-refractivity contribution is 0.416. The molecule has 0 unspecified atom stereocenters. The Bertz CT molecular complexity index is 1290. The minimum atomic E-state index is 0.720. The predicted molar refractivity (Wildman–Crippen MR) is 132 cm³/mol. The van der Waals surface area contributed by atoms with Crippen molar-refractivity contribution in [3.63, 3.8) is 0 Å². The minimum absolute atomic E-state index is 0.720. The van der Waals surface area contributed by atoms with E-state index in [1.807, 2.05) is 30.0 Å². The lowest BCUT2D eigenvalue weighted by Gasteiger charge is -2.18. The molecule has 0 saturated carbocycles. The Morgan fingerprint density at radius 3 is 1.84 bits per heavy atom. The molecule has 1 N–H and O–H groups in total. The van der Waals surface area contributed by atoms with Crippen LogP contribution < -0.4 is 10.1 Å². The maximum Gasteiger partial charge on any atom is 0.141 e. The second kappa shape index (κ2) is 8.75. The highest BCUT2D eigenvalue weighted by molar-refractivity contribution is 7.99. The van der Waals surface area contributed by atoms with E-state index in [4.69, 9.17) is 4.74 Å². The Kier molecular flexibility index (Phi) is 5.51. The molecular formula is C28H23NOS. The van der Waals surface area contributed by atoms with Crippen molar-refractivity contribution in [3.05, 3.63) is 109 Å². The first-order chi connectivity index (χ1) is 15.3. The quantitative estimate of drug-likeness (QED) is 0.283. The van der Waals surface area contributed by atoms with E-state index in [9.17, 15) is 0 Å².